The zero-order valence-corrected chi connectivity index (χ0v) is 17.8. The molecule has 5 heterocycles. The van der Waals surface area contributed by atoms with Gasteiger partial charge >= 0.3 is 0 Å². The molecule has 33 heavy (non-hydrogen) atoms. The summed E-state index contributed by atoms with van der Waals surface area (Å²) in [4.78, 5) is 22.7. The van der Waals surface area contributed by atoms with Crippen LogP contribution >= 0.6 is 0 Å². The zero-order chi connectivity index (χ0) is 22.2. The van der Waals surface area contributed by atoms with Gasteiger partial charge < -0.3 is 15.8 Å². The standard InChI is InChI=1S/C25H21N7O/c26-24-22-18(15-7-9-28-19-6-2-1-4-16(15)19)12-20(32-25(22)31-14-30-24)17-5-3-8-29-23(17)21-13-27-10-11-33-21/h1-9,12,14,21,27H,10-11,13H2,(H2,26,30,31,32). The monoisotopic (exact) mass is 435 g/mol. The van der Waals surface area contributed by atoms with Crippen molar-refractivity contribution in [2.75, 3.05) is 25.4 Å². The van der Waals surface area contributed by atoms with Crippen LogP contribution in [0.4, 0.5) is 5.82 Å². The Bertz CT molecular complexity index is 1480. The van der Waals surface area contributed by atoms with Gasteiger partial charge in [0, 0.05) is 36.4 Å². The Morgan fingerprint density at radius 2 is 1.85 bits per heavy atom. The van der Waals surface area contributed by atoms with Gasteiger partial charge in [-0.15, -0.1) is 0 Å². The van der Waals surface area contributed by atoms with Crippen molar-refractivity contribution in [3.63, 3.8) is 0 Å². The third kappa shape index (κ3) is 3.45. The number of para-hydroxylation sites is 1. The second kappa shape index (κ2) is 8.16. The normalized spacial score (nSPS) is 16.3. The summed E-state index contributed by atoms with van der Waals surface area (Å²) in [5.74, 6) is 0.390. The van der Waals surface area contributed by atoms with E-state index in [1.165, 1.54) is 6.33 Å². The van der Waals surface area contributed by atoms with E-state index in [4.69, 9.17) is 15.5 Å². The van der Waals surface area contributed by atoms with E-state index in [1.54, 1.807) is 12.4 Å². The molecule has 8 heteroatoms. The molecule has 5 aromatic rings. The number of fused-ring (bicyclic) bond motifs is 2. The van der Waals surface area contributed by atoms with Crippen LogP contribution in [0.5, 0.6) is 0 Å². The van der Waals surface area contributed by atoms with E-state index in [0.717, 1.165) is 50.9 Å². The Morgan fingerprint density at radius 1 is 0.909 bits per heavy atom. The Kier molecular flexibility index (Phi) is 4.86. The van der Waals surface area contributed by atoms with Crippen molar-refractivity contribution < 1.29 is 4.74 Å². The lowest BCUT2D eigenvalue weighted by Gasteiger charge is -2.25. The van der Waals surface area contributed by atoms with Crippen LogP contribution in [-0.2, 0) is 4.74 Å². The van der Waals surface area contributed by atoms with Gasteiger partial charge in [-0.1, -0.05) is 18.2 Å². The molecule has 1 saturated heterocycles. The van der Waals surface area contributed by atoms with Crippen molar-refractivity contribution in [3.8, 4) is 22.4 Å². The van der Waals surface area contributed by atoms with E-state index in [2.05, 4.69) is 31.3 Å². The van der Waals surface area contributed by atoms with Crippen LogP contribution in [0.1, 0.15) is 11.8 Å². The number of nitrogens with two attached hydrogens (primary N) is 1. The fourth-order valence-electron chi connectivity index (χ4n) is 4.40. The summed E-state index contributed by atoms with van der Waals surface area (Å²) in [5, 5.41) is 5.12. The van der Waals surface area contributed by atoms with Crippen LogP contribution in [0, 0.1) is 0 Å². The highest BCUT2D eigenvalue weighted by Crippen LogP contribution is 2.38. The summed E-state index contributed by atoms with van der Waals surface area (Å²) in [6, 6.07) is 16.0. The maximum absolute atomic E-state index is 6.33. The van der Waals surface area contributed by atoms with Gasteiger partial charge in [-0.05, 0) is 41.5 Å². The molecule has 162 valence electrons. The summed E-state index contributed by atoms with van der Waals surface area (Å²) in [7, 11) is 0. The summed E-state index contributed by atoms with van der Waals surface area (Å²) >= 11 is 0. The number of morpholine rings is 1. The first-order chi connectivity index (χ1) is 16.3. The highest BCUT2D eigenvalue weighted by Gasteiger charge is 2.23. The van der Waals surface area contributed by atoms with E-state index < -0.39 is 0 Å². The van der Waals surface area contributed by atoms with E-state index in [-0.39, 0.29) is 6.10 Å². The van der Waals surface area contributed by atoms with E-state index in [1.807, 2.05) is 42.5 Å². The quantitative estimate of drug-likeness (QED) is 0.443. The van der Waals surface area contributed by atoms with E-state index >= 15 is 0 Å². The number of anilines is 1. The third-order valence-corrected chi connectivity index (χ3v) is 5.92. The average molecular weight is 435 g/mol. The molecule has 3 N–H and O–H groups in total. The molecule has 1 unspecified atom stereocenters. The molecule has 0 amide bonds. The molecule has 1 aliphatic heterocycles. The van der Waals surface area contributed by atoms with Crippen molar-refractivity contribution in [2.45, 2.75) is 6.10 Å². The minimum absolute atomic E-state index is 0.145. The van der Waals surface area contributed by atoms with Crippen molar-refractivity contribution in [3.05, 3.63) is 72.9 Å². The molecule has 8 nitrogen and oxygen atoms in total. The van der Waals surface area contributed by atoms with Gasteiger partial charge in [-0.2, -0.15) is 0 Å². The largest absolute Gasteiger partial charge is 0.383 e. The summed E-state index contributed by atoms with van der Waals surface area (Å²) in [5.41, 5.74) is 12.2. The lowest BCUT2D eigenvalue weighted by molar-refractivity contribution is 0.0254. The number of pyridine rings is 3. The van der Waals surface area contributed by atoms with Crippen molar-refractivity contribution in [1.82, 2.24) is 30.2 Å². The van der Waals surface area contributed by atoms with Crippen LogP contribution in [-0.4, -0.2) is 44.6 Å². The smallest absolute Gasteiger partial charge is 0.165 e. The maximum Gasteiger partial charge on any atom is 0.165 e. The van der Waals surface area contributed by atoms with Crippen LogP contribution in [0.2, 0.25) is 0 Å². The first-order valence-corrected chi connectivity index (χ1v) is 10.8. The number of rotatable bonds is 3. The second-order valence-corrected chi connectivity index (χ2v) is 7.89. The lowest BCUT2D eigenvalue weighted by Crippen LogP contribution is -2.34. The summed E-state index contributed by atoms with van der Waals surface area (Å²) in [6.07, 6.45) is 4.89. The Labute approximate surface area is 189 Å². The molecule has 4 aromatic heterocycles. The van der Waals surface area contributed by atoms with Gasteiger partial charge in [-0.25, -0.2) is 15.0 Å². The number of hydrogen-bond donors (Lipinski definition) is 2. The van der Waals surface area contributed by atoms with Crippen LogP contribution in [0.15, 0.2) is 67.3 Å². The van der Waals surface area contributed by atoms with Gasteiger partial charge in [0.2, 0.25) is 0 Å². The van der Waals surface area contributed by atoms with Gasteiger partial charge in [0.25, 0.3) is 0 Å². The van der Waals surface area contributed by atoms with Gasteiger partial charge in [0.05, 0.1) is 28.9 Å². The predicted octanol–water partition coefficient (Wildman–Crippen LogP) is 3.55. The fraction of sp³-hybridized carbons (Fsp3) is 0.160. The molecule has 0 spiro atoms. The number of nitrogens with one attached hydrogen (secondary N) is 1. The third-order valence-electron chi connectivity index (χ3n) is 5.92. The molecule has 0 saturated carbocycles. The second-order valence-electron chi connectivity index (χ2n) is 7.89. The molecule has 0 aliphatic carbocycles. The minimum atomic E-state index is -0.145. The molecule has 0 radical (unpaired) electrons. The van der Waals surface area contributed by atoms with Gasteiger partial charge in [-0.3, -0.25) is 9.97 Å². The first kappa shape index (κ1) is 19.7. The minimum Gasteiger partial charge on any atom is -0.383 e. The summed E-state index contributed by atoms with van der Waals surface area (Å²) < 4.78 is 6.00. The summed E-state index contributed by atoms with van der Waals surface area (Å²) in [6.45, 7) is 2.18. The average Bonchev–Trinajstić information content (AvgIpc) is 2.88. The van der Waals surface area contributed by atoms with Gasteiger partial charge in [0.1, 0.15) is 18.2 Å². The number of aromatic nitrogens is 5. The molecular weight excluding hydrogens is 414 g/mol. The van der Waals surface area contributed by atoms with E-state index in [0.29, 0.717) is 24.6 Å². The predicted molar refractivity (Wildman–Crippen MR) is 127 cm³/mol. The number of hydrogen-bond acceptors (Lipinski definition) is 8. The Balaban J connectivity index is 1.63. The molecule has 1 fully saturated rings. The van der Waals surface area contributed by atoms with Crippen molar-refractivity contribution >= 4 is 27.8 Å². The van der Waals surface area contributed by atoms with Gasteiger partial charge in [0.15, 0.2) is 5.65 Å². The molecule has 0 bridgehead atoms. The molecule has 1 aliphatic rings. The zero-order valence-electron chi connectivity index (χ0n) is 17.8. The Morgan fingerprint density at radius 3 is 2.76 bits per heavy atom. The fourth-order valence-corrected chi connectivity index (χ4v) is 4.40. The SMILES string of the molecule is Nc1ncnc2nc(-c3cccnc3C3CNCCO3)cc(-c3ccnc4ccccc34)c12. The lowest BCUT2D eigenvalue weighted by atomic mass is 9.96. The highest BCUT2D eigenvalue weighted by atomic mass is 16.5. The molecule has 6 rings (SSSR count). The highest BCUT2D eigenvalue weighted by molar-refractivity contribution is 6.07. The molecule has 1 aromatic carbocycles. The number of benzene rings is 1. The topological polar surface area (TPSA) is 112 Å². The first-order valence-electron chi connectivity index (χ1n) is 10.8. The van der Waals surface area contributed by atoms with E-state index in [9.17, 15) is 0 Å². The van der Waals surface area contributed by atoms with Crippen LogP contribution < -0.4 is 11.1 Å². The van der Waals surface area contributed by atoms with Crippen LogP contribution in [0.3, 0.4) is 0 Å². The number of ether oxygens (including phenoxy) is 1. The Hall–Kier alpha value is -4.01. The number of nitrogen functional groups attached to an aromatic ring is 1. The number of nitrogens with zero attached hydrogens (tertiary/aromatic N) is 5. The van der Waals surface area contributed by atoms with Crippen molar-refractivity contribution in [2.24, 2.45) is 0 Å². The van der Waals surface area contributed by atoms with Crippen LogP contribution in [0.25, 0.3) is 44.3 Å². The molecule has 1 atom stereocenters. The maximum atomic E-state index is 6.33. The molecular formula is C25H21N7O. The van der Waals surface area contributed by atoms with Crippen molar-refractivity contribution in [1.29, 1.82) is 0 Å².